The molecule has 3 heteroatoms. The summed E-state index contributed by atoms with van der Waals surface area (Å²) in [5.41, 5.74) is -1.06. The van der Waals surface area contributed by atoms with Crippen molar-refractivity contribution in [2.45, 2.75) is 60.3 Å². The first kappa shape index (κ1) is 18.1. The molecule has 3 nitrogen and oxygen atoms in total. The lowest BCUT2D eigenvalue weighted by molar-refractivity contribution is -0.169. The molecule has 0 bridgehead atoms. The minimum Gasteiger partial charge on any atom is -0.299 e. The average molecular weight is 318 g/mol. The lowest BCUT2D eigenvalue weighted by Crippen LogP contribution is -2.61. The fraction of sp³-hybridized carbons (Fsp3) is 0.750. The second-order valence-electron chi connectivity index (χ2n) is 8.64. The molecular formula is C20H30O3. The standard InChI is InChI=1S/C20H30O3/c1-7-12(2)10-14(21)17-13(3)11-15(22)18-19(4,5)9-8-16(23)20(17,18)6/h7,12-13,17-18H,1,8-11H2,2-6H3/t12-,13+,17-,18+,20-/m1/s1. The molecule has 0 aromatic carbocycles. The maximum Gasteiger partial charge on any atom is 0.140 e. The summed E-state index contributed by atoms with van der Waals surface area (Å²) in [6.45, 7) is 13.7. The van der Waals surface area contributed by atoms with E-state index in [0.717, 1.165) is 6.42 Å². The quantitative estimate of drug-likeness (QED) is 0.736. The normalized spacial score (nSPS) is 37.9. The Morgan fingerprint density at radius 1 is 1.35 bits per heavy atom. The highest BCUT2D eigenvalue weighted by Crippen LogP contribution is 2.58. The van der Waals surface area contributed by atoms with Gasteiger partial charge in [0.2, 0.25) is 0 Å². The van der Waals surface area contributed by atoms with Crippen molar-refractivity contribution in [3.63, 3.8) is 0 Å². The molecule has 0 radical (unpaired) electrons. The molecule has 2 saturated carbocycles. The summed E-state index contributed by atoms with van der Waals surface area (Å²) < 4.78 is 0. The number of rotatable bonds is 4. The van der Waals surface area contributed by atoms with Gasteiger partial charge in [0.25, 0.3) is 0 Å². The van der Waals surface area contributed by atoms with E-state index in [1.807, 2.05) is 20.8 Å². The highest BCUT2D eigenvalue weighted by atomic mass is 16.1. The lowest BCUT2D eigenvalue weighted by Gasteiger charge is -2.56. The van der Waals surface area contributed by atoms with Gasteiger partial charge in [-0.3, -0.25) is 14.4 Å². The molecule has 0 aliphatic heterocycles. The van der Waals surface area contributed by atoms with Crippen molar-refractivity contribution < 1.29 is 14.4 Å². The van der Waals surface area contributed by atoms with E-state index in [-0.39, 0.29) is 46.4 Å². The van der Waals surface area contributed by atoms with Crippen molar-refractivity contribution in [1.82, 2.24) is 0 Å². The van der Waals surface area contributed by atoms with Crippen LogP contribution in [0.25, 0.3) is 0 Å². The molecule has 0 saturated heterocycles. The van der Waals surface area contributed by atoms with Crippen LogP contribution < -0.4 is 0 Å². The molecular weight excluding hydrogens is 288 g/mol. The maximum atomic E-state index is 13.0. The van der Waals surface area contributed by atoms with Crippen LogP contribution in [0.4, 0.5) is 0 Å². The van der Waals surface area contributed by atoms with Crippen LogP contribution in [0.1, 0.15) is 60.3 Å². The fourth-order valence-electron chi connectivity index (χ4n) is 5.27. The number of allylic oxidation sites excluding steroid dienone is 1. The minimum absolute atomic E-state index is 0.0638. The molecule has 2 fully saturated rings. The summed E-state index contributed by atoms with van der Waals surface area (Å²) in [5.74, 6) is -0.256. The van der Waals surface area contributed by atoms with E-state index in [1.165, 1.54) is 0 Å². The lowest BCUT2D eigenvalue weighted by atomic mass is 9.45. The minimum atomic E-state index is -0.839. The van der Waals surface area contributed by atoms with Gasteiger partial charge in [-0.25, -0.2) is 0 Å². The SMILES string of the molecule is C=C[C@@H](C)CC(=O)[C@H]1[C@@H](C)CC(=O)[C@H]2C(C)(C)CCC(=O)[C@]12C. The number of carbonyl (C=O) groups is 3. The fourth-order valence-corrected chi connectivity index (χ4v) is 5.27. The van der Waals surface area contributed by atoms with Gasteiger partial charge >= 0.3 is 0 Å². The van der Waals surface area contributed by atoms with Crippen LogP contribution in [0.3, 0.4) is 0 Å². The first-order valence-corrected chi connectivity index (χ1v) is 8.77. The Hall–Kier alpha value is -1.25. The van der Waals surface area contributed by atoms with Crippen molar-refractivity contribution in [1.29, 1.82) is 0 Å². The molecule has 2 aliphatic carbocycles. The molecule has 0 spiro atoms. The van der Waals surface area contributed by atoms with Crippen LogP contribution in [0.2, 0.25) is 0 Å². The van der Waals surface area contributed by atoms with E-state index < -0.39 is 5.41 Å². The van der Waals surface area contributed by atoms with Gasteiger partial charge in [-0.15, -0.1) is 6.58 Å². The van der Waals surface area contributed by atoms with Crippen LogP contribution in [-0.4, -0.2) is 17.3 Å². The van der Waals surface area contributed by atoms with Gasteiger partial charge in [0.15, 0.2) is 0 Å². The number of carbonyl (C=O) groups excluding carboxylic acids is 3. The highest BCUT2D eigenvalue weighted by Gasteiger charge is 2.63. The van der Waals surface area contributed by atoms with Gasteiger partial charge in [0.05, 0.1) is 0 Å². The Bertz CT molecular complexity index is 545. The second-order valence-corrected chi connectivity index (χ2v) is 8.64. The molecule has 0 unspecified atom stereocenters. The Kier molecular flexibility index (Phi) is 4.71. The summed E-state index contributed by atoms with van der Waals surface area (Å²) in [6, 6.07) is 0. The van der Waals surface area contributed by atoms with Gasteiger partial charge < -0.3 is 0 Å². The summed E-state index contributed by atoms with van der Waals surface area (Å²) in [6.07, 6.45) is 3.80. The summed E-state index contributed by atoms with van der Waals surface area (Å²) in [4.78, 5) is 38.6. The summed E-state index contributed by atoms with van der Waals surface area (Å²) in [5, 5.41) is 0. The van der Waals surface area contributed by atoms with Crippen molar-refractivity contribution in [2.24, 2.45) is 34.5 Å². The van der Waals surface area contributed by atoms with Gasteiger partial charge in [0.1, 0.15) is 17.3 Å². The van der Waals surface area contributed by atoms with Crippen molar-refractivity contribution in [2.75, 3.05) is 0 Å². The predicted molar refractivity (Wildman–Crippen MR) is 90.9 cm³/mol. The molecule has 128 valence electrons. The third kappa shape index (κ3) is 2.83. The van der Waals surface area contributed by atoms with Crippen LogP contribution in [0, 0.1) is 34.5 Å². The third-order valence-corrected chi connectivity index (χ3v) is 6.31. The first-order valence-electron chi connectivity index (χ1n) is 8.77. The maximum absolute atomic E-state index is 13.0. The Labute approximate surface area is 139 Å². The molecule has 0 aromatic rings. The summed E-state index contributed by atoms with van der Waals surface area (Å²) in [7, 11) is 0. The van der Waals surface area contributed by atoms with E-state index in [0.29, 0.717) is 19.3 Å². The van der Waals surface area contributed by atoms with Crippen molar-refractivity contribution in [3.8, 4) is 0 Å². The molecule has 5 atom stereocenters. The number of hydrogen-bond acceptors (Lipinski definition) is 3. The highest BCUT2D eigenvalue weighted by molar-refractivity contribution is 6.00. The molecule has 2 aliphatic rings. The Morgan fingerprint density at radius 2 is 1.96 bits per heavy atom. The molecule has 2 rings (SSSR count). The molecule has 0 N–H and O–H groups in total. The van der Waals surface area contributed by atoms with E-state index in [9.17, 15) is 14.4 Å². The van der Waals surface area contributed by atoms with Crippen LogP contribution in [0.15, 0.2) is 12.7 Å². The van der Waals surface area contributed by atoms with Crippen molar-refractivity contribution in [3.05, 3.63) is 12.7 Å². The molecule has 0 aromatic heterocycles. The smallest absolute Gasteiger partial charge is 0.140 e. The van der Waals surface area contributed by atoms with E-state index in [1.54, 1.807) is 6.08 Å². The van der Waals surface area contributed by atoms with Crippen LogP contribution >= 0.6 is 0 Å². The van der Waals surface area contributed by atoms with E-state index in [4.69, 9.17) is 0 Å². The van der Waals surface area contributed by atoms with E-state index in [2.05, 4.69) is 20.4 Å². The molecule has 0 heterocycles. The zero-order chi connectivity index (χ0) is 17.6. The largest absolute Gasteiger partial charge is 0.299 e. The number of Topliss-reactive ketones (excluding diaryl/α,β-unsaturated/α-hetero) is 3. The number of ketones is 3. The third-order valence-electron chi connectivity index (χ3n) is 6.31. The van der Waals surface area contributed by atoms with Crippen LogP contribution in [0.5, 0.6) is 0 Å². The number of fused-ring (bicyclic) bond motifs is 1. The van der Waals surface area contributed by atoms with E-state index >= 15 is 0 Å². The molecule has 0 amide bonds. The predicted octanol–water partition coefficient (Wildman–Crippen LogP) is 4.00. The topological polar surface area (TPSA) is 51.2 Å². The average Bonchev–Trinajstić information content (AvgIpc) is 2.42. The summed E-state index contributed by atoms with van der Waals surface area (Å²) >= 11 is 0. The zero-order valence-corrected chi connectivity index (χ0v) is 15.1. The number of hydrogen-bond donors (Lipinski definition) is 0. The molecule has 23 heavy (non-hydrogen) atoms. The Balaban J connectivity index is 2.48. The monoisotopic (exact) mass is 318 g/mol. The second kappa shape index (κ2) is 5.99. The van der Waals surface area contributed by atoms with Crippen LogP contribution in [-0.2, 0) is 14.4 Å². The zero-order valence-electron chi connectivity index (χ0n) is 15.1. The van der Waals surface area contributed by atoms with Crippen molar-refractivity contribution >= 4 is 17.3 Å². The first-order chi connectivity index (χ1) is 10.6. The van der Waals surface area contributed by atoms with Gasteiger partial charge in [0, 0.05) is 36.5 Å². The van der Waals surface area contributed by atoms with Gasteiger partial charge in [-0.05, 0) is 23.7 Å². The Morgan fingerprint density at radius 3 is 2.52 bits per heavy atom. The van der Waals surface area contributed by atoms with Gasteiger partial charge in [-0.1, -0.05) is 40.7 Å². The van der Waals surface area contributed by atoms with Gasteiger partial charge in [-0.2, -0.15) is 0 Å².